The summed E-state index contributed by atoms with van der Waals surface area (Å²) in [4.78, 5) is 32.5. The van der Waals surface area contributed by atoms with Gasteiger partial charge in [-0.2, -0.15) is 0 Å². The van der Waals surface area contributed by atoms with Gasteiger partial charge in [0.15, 0.2) is 0 Å². The van der Waals surface area contributed by atoms with E-state index in [9.17, 15) is 14.4 Å². The van der Waals surface area contributed by atoms with Crippen LogP contribution in [-0.2, 0) is 23.9 Å². The molecule has 15 heavy (non-hydrogen) atoms. The summed E-state index contributed by atoms with van der Waals surface area (Å²) in [5.41, 5.74) is 0. The summed E-state index contributed by atoms with van der Waals surface area (Å²) >= 11 is 0. The van der Waals surface area contributed by atoms with Gasteiger partial charge in [0.2, 0.25) is 0 Å². The molecule has 0 aromatic heterocycles. The van der Waals surface area contributed by atoms with Crippen LogP contribution in [0, 0.1) is 0 Å². The van der Waals surface area contributed by atoms with E-state index in [1.165, 1.54) is 20.8 Å². The van der Waals surface area contributed by atoms with Crippen molar-refractivity contribution in [1.29, 1.82) is 0 Å². The molecule has 0 aromatic carbocycles. The van der Waals surface area contributed by atoms with E-state index in [-0.39, 0.29) is 12.2 Å². The largest absolute Gasteiger partial charge is 0.423 e. The predicted molar refractivity (Wildman–Crippen MR) is 51.8 cm³/mol. The van der Waals surface area contributed by atoms with E-state index in [4.69, 9.17) is 9.47 Å². The second-order valence-corrected chi connectivity index (χ2v) is 3.38. The smallest absolute Gasteiger partial charge is 0.333 e. The zero-order valence-electron chi connectivity index (χ0n) is 9.03. The molecule has 0 radical (unpaired) electrons. The lowest BCUT2D eigenvalue weighted by Gasteiger charge is -2.23. The average molecular weight is 214 g/mol. The maximum atomic E-state index is 11.1. The molecule has 0 amide bonds. The van der Waals surface area contributed by atoms with Gasteiger partial charge in [0.05, 0.1) is 0 Å². The Hall–Kier alpha value is -1.65. The van der Waals surface area contributed by atoms with E-state index in [0.29, 0.717) is 0 Å². The average Bonchev–Trinajstić information content (AvgIpc) is 1.99. The van der Waals surface area contributed by atoms with Crippen molar-refractivity contribution < 1.29 is 23.9 Å². The Bertz CT molecular complexity index is 290. The molecule has 0 N–H and O–H groups in total. The molecule has 5 nitrogen and oxygen atoms in total. The number of carbonyl (C=O) groups is 3. The van der Waals surface area contributed by atoms with Crippen molar-refractivity contribution in [3.8, 4) is 0 Å². The first-order chi connectivity index (χ1) is 6.76. The Morgan fingerprint density at radius 2 is 1.80 bits per heavy atom. The number of carbonyl (C=O) groups excluding carboxylic acids is 3. The third-order valence-electron chi connectivity index (χ3n) is 1.27. The third-order valence-corrected chi connectivity index (χ3v) is 1.27. The first-order valence-corrected chi connectivity index (χ1v) is 4.33. The number of hydrogen-bond donors (Lipinski definition) is 0. The number of ether oxygens (including phenoxy) is 2. The highest BCUT2D eigenvalue weighted by Crippen LogP contribution is 2.12. The molecule has 0 aliphatic heterocycles. The highest BCUT2D eigenvalue weighted by Gasteiger charge is 2.26. The lowest BCUT2D eigenvalue weighted by Crippen LogP contribution is -2.33. The Morgan fingerprint density at radius 1 is 1.27 bits per heavy atom. The van der Waals surface area contributed by atoms with Crippen LogP contribution in [0.4, 0.5) is 0 Å². The summed E-state index contributed by atoms with van der Waals surface area (Å²) in [7, 11) is 0. The topological polar surface area (TPSA) is 69.7 Å². The number of ketones is 1. The first-order valence-electron chi connectivity index (χ1n) is 4.33. The SMILES string of the molecule is C=CC(=O)OC(C)(C)OC(=O)CC(C)=O. The second kappa shape index (κ2) is 5.29. The summed E-state index contributed by atoms with van der Waals surface area (Å²) in [6, 6.07) is 0. The molecule has 84 valence electrons. The van der Waals surface area contributed by atoms with Crippen LogP contribution in [0.5, 0.6) is 0 Å². The van der Waals surface area contributed by atoms with Gasteiger partial charge < -0.3 is 9.47 Å². The maximum absolute atomic E-state index is 11.1. The summed E-state index contributed by atoms with van der Waals surface area (Å²) in [5.74, 6) is -3.14. The van der Waals surface area contributed by atoms with Gasteiger partial charge in [-0.05, 0) is 6.92 Å². The zero-order chi connectivity index (χ0) is 12.1. The molecule has 0 atom stereocenters. The van der Waals surface area contributed by atoms with Crippen LogP contribution in [-0.4, -0.2) is 23.5 Å². The van der Waals surface area contributed by atoms with Gasteiger partial charge in [0.1, 0.15) is 12.2 Å². The molecule has 0 saturated carbocycles. The lowest BCUT2D eigenvalue weighted by atomic mass is 10.3. The normalized spacial score (nSPS) is 10.3. The summed E-state index contributed by atoms with van der Waals surface area (Å²) in [5, 5.41) is 0. The van der Waals surface area contributed by atoms with Crippen LogP contribution in [0.2, 0.25) is 0 Å². The van der Waals surface area contributed by atoms with Gasteiger partial charge in [0, 0.05) is 19.9 Å². The molecular weight excluding hydrogens is 200 g/mol. The molecular formula is C10H14O5. The van der Waals surface area contributed by atoms with Crippen molar-refractivity contribution >= 4 is 17.7 Å². The number of rotatable bonds is 5. The van der Waals surface area contributed by atoms with Crippen LogP contribution in [0.25, 0.3) is 0 Å². The van der Waals surface area contributed by atoms with Crippen LogP contribution in [0.15, 0.2) is 12.7 Å². The summed E-state index contributed by atoms with van der Waals surface area (Å²) in [6.07, 6.45) is 0.621. The van der Waals surface area contributed by atoms with Gasteiger partial charge >= 0.3 is 11.9 Å². The van der Waals surface area contributed by atoms with E-state index in [1.807, 2.05) is 0 Å². The van der Waals surface area contributed by atoms with Crippen molar-refractivity contribution in [2.45, 2.75) is 33.0 Å². The van der Waals surface area contributed by atoms with Crippen molar-refractivity contribution in [3.05, 3.63) is 12.7 Å². The zero-order valence-corrected chi connectivity index (χ0v) is 9.03. The molecule has 0 heterocycles. The Morgan fingerprint density at radius 3 is 2.20 bits per heavy atom. The molecule has 5 heteroatoms. The van der Waals surface area contributed by atoms with Gasteiger partial charge in [-0.25, -0.2) is 4.79 Å². The minimum absolute atomic E-state index is 0.314. The predicted octanol–water partition coefficient (Wildman–Crippen LogP) is 0.974. The number of esters is 2. The van der Waals surface area contributed by atoms with E-state index in [2.05, 4.69) is 6.58 Å². The quantitative estimate of drug-likeness (QED) is 0.295. The van der Waals surface area contributed by atoms with Crippen LogP contribution in [0.3, 0.4) is 0 Å². The van der Waals surface area contributed by atoms with Gasteiger partial charge in [-0.3, -0.25) is 9.59 Å². The minimum atomic E-state index is -1.39. The first kappa shape index (κ1) is 13.4. The number of hydrogen-bond acceptors (Lipinski definition) is 5. The van der Waals surface area contributed by atoms with Crippen molar-refractivity contribution in [1.82, 2.24) is 0 Å². The summed E-state index contributed by atoms with van der Waals surface area (Å²) < 4.78 is 9.50. The minimum Gasteiger partial charge on any atom is -0.423 e. The molecule has 0 fully saturated rings. The molecule has 0 aliphatic rings. The monoisotopic (exact) mass is 214 g/mol. The van der Waals surface area contributed by atoms with Crippen molar-refractivity contribution in [2.75, 3.05) is 0 Å². The van der Waals surface area contributed by atoms with Gasteiger partial charge in [-0.15, -0.1) is 0 Å². The van der Waals surface area contributed by atoms with E-state index < -0.39 is 17.7 Å². The van der Waals surface area contributed by atoms with Crippen molar-refractivity contribution in [3.63, 3.8) is 0 Å². The van der Waals surface area contributed by atoms with Gasteiger partial charge in [-0.1, -0.05) is 6.58 Å². The fourth-order valence-corrected chi connectivity index (χ4v) is 0.818. The fourth-order valence-electron chi connectivity index (χ4n) is 0.818. The highest BCUT2D eigenvalue weighted by molar-refractivity contribution is 5.94. The lowest BCUT2D eigenvalue weighted by molar-refractivity contribution is -0.212. The standard InChI is InChI=1S/C10H14O5/c1-5-8(12)14-10(3,4)15-9(13)6-7(2)11/h5H,1,6H2,2-4H3. The fraction of sp³-hybridized carbons (Fsp3) is 0.500. The summed E-state index contributed by atoms with van der Waals surface area (Å²) in [6.45, 7) is 7.26. The molecule has 0 aromatic rings. The van der Waals surface area contributed by atoms with Gasteiger partial charge in [0.25, 0.3) is 5.79 Å². The van der Waals surface area contributed by atoms with Crippen LogP contribution < -0.4 is 0 Å². The van der Waals surface area contributed by atoms with E-state index >= 15 is 0 Å². The molecule has 0 spiro atoms. The second-order valence-electron chi connectivity index (χ2n) is 3.38. The Balaban J connectivity index is 4.24. The molecule has 0 aliphatic carbocycles. The molecule has 0 unspecified atom stereocenters. The van der Waals surface area contributed by atoms with Crippen LogP contribution >= 0.6 is 0 Å². The Kier molecular flexibility index (Phi) is 4.70. The highest BCUT2D eigenvalue weighted by atomic mass is 16.7. The Labute approximate surface area is 88.0 Å². The maximum Gasteiger partial charge on any atom is 0.333 e. The van der Waals surface area contributed by atoms with E-state index in [0.717, 1.165) is 6.08 Å². The number of Topliss-reactive ketones (excluding diaryl/α,β-unsaturated/α-hetero) is 1. The van der Waals surface area contributed by atoms with Crippen LogP contribution in [0.1, 0.15) is 27.2 Å². The molecule has 0 bridgehead atoms. The third kappa shape index (κ3) is 6.42. The van der Waals surface area contributed by atoms with E-state index in [1.54, 1.807) is 0 Å². The molecule has 0 rings (SSSR count). The van der Waals surface area contributed by atoms with Crippen molar-refractivity contribution in [2.24, 2.45) is 0 Å². The molecule has 0 saturated heterocycles.